The molecule has 1 saturated heterocycles. The minimum absolute atomic E-state index is 0.115. The molecule has 0 aromatic heterocycles. The molecule has 1 amide bonds. The summed E-state index contributed by atoms with van der Waals surface area (Å²) in [6, 6.07) is 0.571. The molecule has 3 aliphatic heterocycles. The van der Waals surface area contributed by atoms with Crippen LogP contribution in [0.1, 0.15) is 119 Å². The maximum atomic E-state index is 14.8. The number of amides is 1. The number of Topliss-reactive ketones (excluding diaryl/α,β-unsaturated/α-hetero) is 2. The van der Waals surface area contributed by atoms with Crippen molar-refractivity contribution in [3.05, 3.63) is 69.7 Å². The summed E-state index contributed by atoms with van der Waals surface area (Å²) in [5.41, 5.74) is -0.952. The summed E-state index contributed by atoms with van der Waals surface area (Å²) in [6.07, 6.45) is 13.9. The van der Waals surface area contributed by atoms with Gasteiger partial charge in [-0.3, -0.25) is 29.1 Å². The van der Waals surface area contributed by atoms with E-state index in [0.717, 1.165) is 13.1 Å². The Labute approximate surface area is 366 Å². The summed E-state index contributed by atoms with van der Waals surface area (Å²) in [4.78, 5) is 58.1. The number of phenols is 1. The van der Waals surface area contributed by atoms with Crippen LogP contribution in [-0.4, -0.2) is 113 Å². The number of aliphatic hydroxyl groups excluding tert-OH is 2. The number of methoxy groups -OCH3 is 1. The van der Waals surface area contributed by atoms with Gasteiger partial charge in [0.05, 0.1) is 43.4 Å². The Morgan fingerprint density at radius 3 is 2.34 bits per heavy atom. The second kappa shape index (κ2) is 21.1. The number of benzene rings is 1. The van der Waals surface area contributed by atoms with Gasteiger partial charge in [-0.05, 0) is 63.4 Å². The molecule has 14 heteroatoms. The minimum Gasteiger partial charge on any atom is -0.507 e. The lowest BCUT2D eigenvalue weighted by atomic mass is 9.72. The van der Waals surface area contributed by atoms with Crippen LogP contribution < -0.4 is 10.1 Å². The van der Waals surface area contributed by atoms with Crippen molar-refractivity contribution in [2.45, 2.75) is 119 Å². The van der Waals surface area contributed by atoms with Gasteiger partial charge in [0.15, 0.2) is 5.78 Å². The van der Waals surface area contributed by atoms with Crippen molar-refractivity contribution in [3.8, 4) is 11.5 Å². The third kappa shape index (κ3) is 10.7. The van der Waals surface area contributed by atoms with Gasteiger partial charge in [-0.1, -0.05) is 65.7 Å². The number of hydrogen-bond acceptors (Lipinski definition) is 13. The number of nitrogens with zero attached hydrogens (tertiary/aromatic N) is 3. The number of ketones is 2. The van der Waals surface area contributed by atoms with E-state index in [1.807, 2.05) is 45.7 Å². The minimum atomic E-state index is -0.833. The third-order valence-electron chi connectivity index (χ3n) is 13.7. The number of allylic oxidation sites excluding steroid dienone is 5. The number of nitrogens with one attached hydrogen (secondary N) is 1. The first kappa shape index (κ1) is 48.2. The van der Waals surface area contributed by atoms with Crippen LogP contribution in [0.5, 0.6) is 11.5 Å². The fourth-order valence-corrected chi connectivity index (χ4v) is 9.42. The number of ether oxygens (including phenoxy) is 3. The Balaban J connectivity index is 1.59. The highest BCUT2D eigenvalue weighted by atomic mass is 16.5. The number of phenolic OH excluding ortho intramolecular Hbond substituents is 1. The number of aromatic hydroxyl groups is 1. The van der Waals surface area contributed by atoms with E-state index in [2.05, 4.69) is 15.3 Å². The number of aliphatic hydroxyl groups is 2. The van der Waals surface area contributed by atoms with Crippen molar-refractivity contribution in [1.29, 1.82) is 0 Å². The molecule has 2 fully saturated rings. The van der Waals surface area contributed by atoms with Crippen LogP contribution in [0, 0.1) is 36.0 Å². The molecule has 2 aliphatic carbocycles. The number of hydrazone groups is 1. The molecule has 0 spiro atoms. The summed E-state index contributed by atoms with van der Waals surface area (Å²) >= 11 is 0. The molecule has 4 N–H and O–H groups in total. The van der Waals surface area contributed by atoms with Crippen molar-refractivity contribution < 1.29 is 48.7 Å². The lowest BCUT2D eigenvalue weighted by molar-refractivity contribution is -0.156. The van der Waals surface area contributed by atoms with E-state index in [1.54, 1.807) is 32.1 Å². The molecule has 1 aromatic rings. The number of carbonyl (C=O) groups is 4. The van der Waals surface area contributed by atoms with Crippen molar-refractivity contribution in [3.63, 3.8) is 0 Å². The zero-order valence-electron chi connectivity index (χ0n) is 38.0. The van der Waals surface area contributed by atoms with Crippen LogP contribution in [0.4, 0.5) is 0 Å². The number of esters is 1. The molecule has 5 unspecified atom stereocenters. The summed E-state index contributed by atoms with van der Waals surface area (Å²) in [6.45, 7) is 16.5. The largest absolute Gasteiger partial charge is 0.507 e. The van der Waals surface area contributed by atoms with Gasteiger partial charge < -0.3 is 34.8 Å². The first-order valence-corrected chi connectivity index (χ1v) is 22.1. The van der Waals surface area contributed by atoms with Crippen LogP contribution in [-0.2, 0) is 25.7 Å². The van der Waals surface area contributed by atoms with Crippen LogP contribution in [0.25, 0.3) is 0 Å². The van der Waals surface area contributed by atoms with Gasteiger partial charge in [-0.2, -0.15) is 5.10 Å². The molecule has 62 heavy (non-hydrogen) atoms. The fourth-order valence-electron chi connectivity index (χ4n) is 9.42. The maximum absolute atomic E-state index is 14.8. The van der Waals surface area contributed by atoms with E-state index >= 15 is 0 Å². The molecule has 7 atom stereocenters. The smallest absolute Gasteiger partial charge is 0.302 e. The summed E-state index contributed by atoms with van der Waals surface area (Å²) in [5, 5.41) is 43.0. The highest BCUT2D eigenvalue weighted by Crippen LogP contribution is 2.43. The van der Waals surface area contributed by atoms with Crippen molar-refractivity contribution in [2.24, 2.45) is 34.2 Å². The Morgan fingerprint density at radius 2 is 1.71 bits per heavy atom. The third-order valence-corrected chi connectivity index (χ3v) is 13.7. The number of piperazine rings is 1. The molecular formula is C48H68N4O10. The molecule has 4 bridgehead atoms. The normalized spacial score (nSPS) is 31.0. The quantitative estimate of drug-likeness (QED) is 0.189. The van der Waals surface area contributed by atoms with Gasteiger partial charge in [0.2, 0.25) is 5.78 Å². The predicted octanol–water partition coefficient (Wildman–Crippen LogP) is 6.17. The van der Waals surface area contributed by atoms with Crippen LogP contribution in [0.2, 0.25) is 0 Å². The molecule has 6 rings (SSSR count). The first-order valence-electron chi connectivity index (χ1n) is 22.1. The Morgan fingerprint density at radius 1 is 1.03 bits per heavy atom. The zero-order chi connectivity index (χ0) is 45.5. The average molecular weight is 861 g/mol. The summed E-state index contributed by atoms with van der Waals surface area (Å²) in [7, 11) is 1.40. The molecule has 340 valence electrons. The van der Waals surface area contributed by atoms with Crippen molar-refractivity contribution >= 4 is 29.7 Å². The predicted molar refractivity (Wildman–Crippen MR) is 237 cm³/mol. The number of rotatable bonds is 6. The lowest BCUT2D eigenvalue weighted by Gasteiger charge is -2.37. The zero-order valence-corrected chi connectivity index (χ0v) is 38.0. The van der Waals surface area contributed by atoms with Gasteiger partial charge in [-0.15, -0.1) is 0 Å². The second-order valence-corrected chi connectivity index (χ2v) is 18.1. The van der Waals surface area contributed by atoms with E-state index in [9.17, 15) is 34.5 Å². The van der Waals surface area contributed by atoms with Gasteiger partial charge in [0.25, 0.3) is 5.91 Å². The molecular weight excluding hydrogens is 793 g/mol. The van der Waals surface area contributed by atoms with Crippen LogP contribution >= 0.6 is 0 Å². The van der Waals surface area contributed by atoms with Crippen LogP contribution in [0.15, 0.2) is 52.5 Å². The average Bonchev–Trinajstić information content (AvgIpc) is 3.79. The number of carbonyl (C=O) groups excluding carboxylic acids is 4. The monoisotopic (exact) mass is 860 g/mol. The van der Waals surface area contributed by atoms with E-state index < -0.39 is 52.7 Å². The lowest BCUT2D eigenvalue weighted by Crippen LogP contribution is -2.48. The standard InChI is InChI=1S/C48H68N4O10/c1-28-15-13-23-61-26-37-38-39(42(56)33(6)46(37)60-9)44(58)40(36(43(38)57)25-49-52-21-19-51(20-22-52)35-16-10-11-17-35)50-47(59)29(2)14-12-18-48(8,27-53)31(4)24-30(3)41(55)32(5)45(28)62-34(7)54/h12-14,18,23,25,28,30-32,35,41,45,53,55-56H,10-11,15-17,19-22,24,26-27H2,1-9H3,(H,50,59)/b18-12+,23-13+,29-14-,49-25+/t28?,30-,31?,32-,41?,45?,48?/m1/s1. The topological polar surface area (TPSA) is 188 Å². The Bertz CT molecular complexity index is 1990. The number of hydrogen-bond donors (Lipinski definition) is 4. The molecule has 5 aliphatic rings. The highest BCUT2D eigenvalue weighted by molar-refractivity contribution is 6.35. The molecule has 1 aromatic carbocycles. The summed E-state index contributed by atoms with van der Waals surface area (Å²) in [5.74, 6) is -3.85. The molecule has 3 heterocycles. The summed E-state index contributed by atoms with van der Waals surface area (Å²) < 4.78 is 17.5. The maximum Gasteiger partial charge on any atom is 0.302 e. The van der Waals surface area contributed by atoms with E-state index in [0.29, 0.717) is 32.0 Å². The fraction of sp³-hybridized carbons (Fsp3) is 0.604. The van der Waals surface area contributed by atoms with E-state index in [-0.39, 0.29) is 75.8 Å². The Hall–Kier alpha value is -4.79. The van der Waals surface area contributed by atoms with Gasteiger partial charge >= 0.3 is 5.97 Å². The van der Waals surface area contributed by atoms with Crippen molar-refractivity contribution in [1.82, 2.24) is 15.2 Å². The van der Waals surface area contributed by atoms with Gasteiger partial charge in [0.1, 0.15) is 29.9 Å². The highest BCUT2D eigenvalue weighted by Gasteiger charge is 2.40. The number of fused-ring (bicyclic) bond motifs is 16. The molecule has 14 nitrogen and oxygen atoms in total. The van der Waals surface area contributed by atoms with Crippen LogP contribution in [0.3, 0.4) is 0 Å². The second-order valence-electron chi connectivity index (χ2n) is 18.1. The first-order chi connectivity index (χ1) is 29.4. The SMILES string of the molecule is COc1c(C)c(O)c2c3c1CO/C=C/CC(C)C(OC(C)=O)[C@H](C)C(O)[C@H](C)CC(C)C(C)(CO)/C=C/C=C(/C)C(=O)NC(=C(/C=N/N1CCN(C4CCCC4)CC1)C3=O)C2=O. The van der Waals surface area contributed by atoms with E-state index in [4.69, 9.17) is 14.2 Å². The Kier molecular flexibility index (Phi) is 16.4. The molecule has 1 saturated carbocycles. The van der Waals surface area contributed by atoms with Gasteiger partial charge in [0, 0.05) is 72.7 Å². The van der Waals surface area contributed by atoms with Crippen molar-refractivity contribution in [2.75, 3.05) is 39.9 Å². The molecule has 0 radical (unpaired) electrons. The van der Waals surface area contributed by atoms with Gasteiger partial charge in [-0.25, -0.2) is 0 Å². The van der Waals surface area contributed by atoms with E-state index in [1.165, 1.54) is 52.2 Å².